The van der Waals surface area contributed by atoms with Crippen LogP contribution in [0.1, 0.15) is 24.0 Å². The third kappa shape index (κ3) is 5.74. The molecule has 0 bridgehead atoms. The van der Waals surface area contributed by atoms with Gasteiger partial charge in [0.25, 0.3) is 0 Å². The maximum absolute atomic E-state index is 13.3. The lowest BCUT2D eigenvalue weighted by molar-refractivity contribution is -0.132. The van der Waals surface area contributed by atoms with Crippen molar-refractivity contribution >= 4 is 11.8 Å². The molecule has 1 aromatic rings. The molecule has 0 atom stereocenters. The van der Waals surface area contributed by atoms with Crippen molar-refractivity contribution in [1.29, 1.82) is 0 Å². The Labute approximate surface area is 160 Å². The zero-order valence-electron chi connectivity index (χ0n) is 16.0. The molecular formula is C20H29FN4O2. The van der Waals surface area contributed by atoms with E-state index >= 15 is 0 Å². The van der Waals surface area contributed by atoms with Crippen molar-refractivity contribution in [3.05, 3.63) is 35.1 Å². The van der Waals surface area contributed by atoms with E-state index in [1.54, 1.807) is 19.1 Å². The van der Waals surface area contributed by atoms with Crippen LogP contribution >= 0.6 is 0 Å². The van der Waals surface area contributed by atoms with Crippen LogP contribution in [0.3, 0.4) is 0 Å². The molecular weight excluding hydrogens is 347 g/mol. The molecule has 1 aromatic carbocycles. The van der Waals surface area contributed by atoms with E-state index in [1.807, 2.05) is 4.90 Å². The minimum atomic E-state index is -0.230. The Kier molecular flexibility index (Phi) is 6.79. The Bertz CT molecular complexity index is 668. The van der Waals surface area contributed by atoms with E-state index in [0.29, 0.717) is 25.2 Å². The van der Waals surface area contributed by atoms with Crippen molar-refractivity contribution in [1.82, 2.24) is 20.0 Å². The van der Waals surface area contributed by atoms with Crippen molar-refractivity contribution in [3.63, 3.8) is 0 Å². The number of nitrogens with one attached hydrogen (secondary N) is 1. The number of carbonyl (C=O) groups excluding carboxylic acids is 2. The molecule has 3 rings (SSSR count). The molecule has 0 unspecified atom stereocenters. The highest BCUT2D eigenvalue weighted by molar-refractivity contribution is 5.79. The molecule has 0 spiro atoms. The lowest BCUT2D eigenvalue weighted by Crippen LogP contribution is -2.51. The van der Waals surface area contributed by atoms with E-state index in [9.17, 15) is 14.0 Å². The lowest BCUT2D eigenvalue weighted by Gasteiger charge is -2.34. The van der Waals surface area contributed by atoms with Crippen molar-refractivity contribution in [2.45, 2.75) is 26.3 Å². The normalized spacial score (nSPS) is 18.7. The van der Waals surface area contributed by atoms with Crippen molar-refractivity contribution in [2.24, 2.45) is 0 Å². The number of hydrogen-bond acceptors (Lipinski definition) is 4. The summed E-state index contributed by atoms with van der Waals surface area (Å²) in [5.41, 5.74) is 1.48. The quantitative estimate of drug-likeness (QED) is 0.805. The average molecular weight is 376 g/mol. The summed E-state index contributed by atoms with van der Waals surface area (Å²) in [5.74, 6) is -0.0296. The molecule has 1 N–H and O–H groups in total. The van der Waals surface area contributed by atoms with Gasteiger partial charge in [0.1, 0.15) is 5.82 Å². The molecule has 2 aliphatic rings. The van der Waals surface area contributed by atoms with Crippen molar-refractivity contribution < 1.29 is 14.0 Å². The zero-order valence-corrected chi connectivity index (χ0v) is 16.0. The van der Waals surface area contributed by atoms with Gasteiger partial charge in [0.15, 0.2) is 0 Å². The summed E-state index contributed by atoms with van der Waals surface area (Å²) in [6.45, 7) is 7.96. The fourth-order valence-electron chi connectivity index (χ4n) is 3.64. The van der Waals surface area contributed by atoms with Gasteiger partial charge in [0, 0.05) is 45.8 Å². The molecule has 2 saturated heterocycles. The zero-order chi connectivity index (χ0) is 19.2. The number of nitrogens with zero attached hydrogens (tertiary/aromatic N) is 3. The molecule has 148 valence electrons. The number of likely N-dealkylation sites (tertiary alicyclic amines) is 1. The third-order valence-electron chi connectivity index (χ3n) is 5.36. The molecule has 2 amide bonds. The minimum Gasteiger partial charge on any atom is -0.351 e. The predicted molar refractivity (Wildman–Crippen MR) is 102 cm³/mol. The number of halogens is 1. The number of hydrogen-bond donors (Lipinski definition) is 1. The van der Waals surface area contributed by atoms with Crippen LogP contribution in [0.15, 0.2) is 18.2 Å². The van der Waals surface area contributed by atoms with Gasteiger partial charge in [-0.2, -0.15) is 0 Å². The molecule has 27 heavy (non-hydrogen) atoms. The Morgan fingerprint density at radius 2 is 1.63 bits per heavy atom. The van der Waals surface area contributed by atoms with Crippen LogP contribution in [-0.4, -0.2) is 78.9 Å². The predicted octanol–water partition coefficient (Wildman–Crippen LogP) is 0.990. The number of aryl methyl sites for hydroxylation is 1. The summed E-state index contributed by atoms with van der Waals surface area (Å²) in [6.07, 6.45) is 2.23. The topological polar surface area (TPSA) is 55.9 Å². The summed E-state index contributed by atoms with van der Waals surface area (Å²) >= 11 is 0. The smallest absolute Gasteiger partial charge is 0.236 e. The van der Waals surface area contributed by atoms with Crippen LogP contribution < -0.4 is 5.32 Å². The number of benzene rings is 1. The molecule has 0 aromatic heterocycles. The molecule has 0 radical (unpaired) electrons. The Morgan fingerprint density at radius 1 is 1.00 bits per heavy atom. The Balaban J connectivity index is 1.35. The number of carbonyl (C=O) groups is 2. The van der Waals surface area contributed by atoms with Crippen LogP contribution in [0.4, 0.5) is 4.39 Å². The van der Waals surface area contributed by atoms with E-state index in [0.717, 1.165) is 57.7 Å². The van der Waals surface area contributed by atoms with E-state index < -0.39 is 0 Å². The molecule has 2 aliphatic heterocycles. The Morgan fingerprint density at radius 3 is 2.26 bits per heavy atom. The summed E-state index contributed by atoms with van der Waals surface area (Å²) < 4.78 is 13.3. The maximum Gasteiger partial charge on any atom is 0.236 e. The second-order valence-electron chi connectivity index (χ2n) is 7.50. The lowest BCUT2D eigenvalue weighted by atomic mass is 10.1. The Hall–Kier alpha value is -1.99. The van der Waals surface area contributed by atoms with Gasteiger partial charge in [-0.3, -0.25) is 19.4 Å². The van der Waals surface area contributed by atoms with Gasteiger partial charge < -0.3 is 10.2 Å². The van der Waals surface area contributed by atoms with E-state index in [-0.39, 0.29) is 17.6 Å². The SMILES string of the molecule is Cc1cc(CNC(=O)CN2CCN(CC(=O)N3CCCC3)CC2)ccc1F. The highest BCUT2D eigenvalue weighted by atomic mass is 19.1. The second-order valence-corrected chi connectivity index (χ2v) is 7.50. The monoisotopic (exact) mass is 376 g/mol. The first-order valence-corrected chi connectivity index (χ1v) is 9.75. The molecule has 0 saturated carbocycles. The van der Waals surface area contributed by atoms with Crippen molar-refractivity contribution in [3.8, 4) is 0 Å². The summed E-state index contributed by atoms with van der Waals surface area (Å²) in [6, 6.07) is 4.88. The van der Waals surface area contributed by atoms with Crippen LogP contribution in [0.2, 0.25) is 0 Å². The van der Waals surface area contributed by atoms with Crippen LogP contribution in [-0.2, 0) is 16.1 Å². The third-order valence-corrected chi connectivity index (χ3v) is 5.36. The van der Waals surface area contributed by atoms with Crippen LogP contribution in [0.25, 0.3) is 0 Å². The van der Waals surface area contributed by atoms with Gasteiger partial charge in [0.05, 0.1) is 13.1 Å². The number of amides is 2. The molecule has 0 aliphatic carbocycles. The summed E-state index contributed by atoms with van der Waals surface area (Å²) in [4.78, 5) is 30.6. The molecule has 2 fully saturated rings. The van der Waals surface area contributed by atoms with Gasteiger partial charge in [-0.25, -0.2) is 4.39 Å². The standard InChI is InChI=1S/C20H29FN4O2/c1-16-12-17(4-5-18(16)21)13-22-19(26)14-23-8-10-24(11-9-23)15-20(27)25-6-2-3-7-25/h4-5,12H,2-3,6-11,13-15H2,1H3,(H,22,26). The van der Waals surface area contributed by atoms with Gasteiger partial charge in [-0.1, -0.05) is 12.1 Å². The summed E-state index contributed by atoms with van der Waals surface area (Å²) in [7, 11) is 0. The van der Waals surface area contributed by atoms with E-state index in [1.165, 1.54) is 6.07 Å². The van der Waals surface area contributed by atoms with Gasteiger partial charge in [-0.05, 0) is 37.0 Å². The van der Waals surface area contributed by atoms with Crippen molar-refractivity contribution in [2.75, 3.05) is 52.4 Å². The molecule has 2 heterocycles. The first-order valence-electron chi connectivity index (χ1n) is 9.75. The van der Waals surface area contributed by atoms with E-state index in [4.69, 9.17) is 0 Å². The first kappa shape index (κ1) is 19.8. The maximum atomic E-state index is 13.3. The van der Waals surface area contributed by atoms with Gasteiger partial charge >= 0.3 is 0 Å². The first-order chi connectivity index (χ1) is 13.0. The highest BCUT2D eigenvalue weighted by Crippen LogP contribution is 2.10. The van der Waals surface area contributed by atoms with Gasteiger partial charge in [0.2, 0.25) is 11.8 Å². The molecule has 7 heteroatoms. The fourth-order valence-corrected chi connectivity index (χ4v) is 3.64. The molecule has 6 nitrogen and oxygen atoms in total. The van der Waals surface area contributed by atoms with Crippen LogP contribution in [0.5, 0.6) is 0 Å². The second kappa shape index (κ2) is 9.28. The van der Waals surface area contributed by atoms with E-state index in [2.05, 4.69) is 15.1 Å². The minimum absolute atomic E-state index is 0.0291. The summed E-state index contributed by atoms with van der Waals surface area (Å²) in [5, 5.41) is 2.90. The largest absolute Gasteiger partial charge is 0.351 e. The highest BCUT2D eigenvalue weighted by Gasteiger charge is 2.24. The number of rotatable bonds is 6. The van der Waals surface area contributed by atoms with Gasteiger partial charge in [-0.15, -0.1) is 0 Å². The average Bonchev–Trinajstić information content (AvgIpc) is 3.19. The number of piperazine rings is 1. The van der Waals surface area contributed by atoms with Crippen LogP contribution in [0, 0.1) is 12.7 Å². The fraction of sp³-hybridized carbons (Fsp3) is 0.600.